The highest BCUT2D eigenvalue weighted by atomic mass is 16.6. The molecule has 2 heterocycles. The van der Waals surface area contributed by atoms with Crippen molar-refractivity contribution in [1.29, 1.82) is 0 Å². The first kappa shape index (κ1) is 18.3. The fraction of sp³-hybridized carbons (Fsp3) is 0.700. The van der Waals surface area contributed by atoms with Crippen molar-refractivity contribution in [3.05, 3.63) is 39.9 Å². The number of piperidine rings is 2. The van der Waals surface area contributed by atoms with E-state index in [1.807, 2.05) is 12.1 Å². The second-order valence-electron chi connectivity index (χ2n) is 7.97. The number of nitrogens with zero attached hydrogens (tertiary/aromatic N) is 3. The fourth-order valence-corrected chi connectivity index (χ4v) is 4.18. The Labute approximate surface area is 151 Å². The minimum Gasteiger partial charge on any atom is -0.303 e. The van der Waals surface area contributed by atoms with E-state index in [0.29, 0.717) is 0 Å². The molecule has 0 amide bonds. The molecular weight excluding hydrogens is 314 g/mol. The zero-order chi connectivity index (χ0) is 17.6. The number of nitro groups is 1. The number of rotatable bonds is 6. The molecule has 2 aliphatic heterocycles. The molecule has 0 radical (unpaired) electrons. The molecule has 0 aromatic heterocycles. The second-order valence-corrected chi connectivity index (χ2v) is 7.97. The third-order valence-electron chi connectivity index (χ3n) is 5.86. The standard InChI is InChI=1S/C20H31N3O2/c1-17-8-12-22(13-9-17)16-19-3-2-11-21(15-19)14-10-18-4-6-20(7-5-18)23(24)25/h4-7,17,19H,2-3,8-16H2,1H3. The molecule has 1 unspecified atom stereocenters. The van der Waals surface area contributed by atoms with Crippen molar-refractivity contribution in [1.82, 2.24) is 9.80 Å². The van der Waals surface area contributed by atoms with E-state index in [-0.39, 0.29) is 10.6 Å². The number of non-ortho nitro benzene ring substituents is 1. The van der Waals surface area contributed by atoms with Gasteiger partial charge in [0.25, 0.3) is 5.69 Å². The van der Waals surface area contributed by atoms with Crippen LogP contribution in [0.5, 0.6) is 0 Å². The maximum absolute atomic E-state index is 10.7. The summed E-state index contributed by atoms with van der Waals surface area (Å²) in [6.45, 7) is 9.66. The van der Waals surface area contributed by atoms with Gasteiger partial charge in [0.05, 0.1) is 4.92 Å². The normalized spacial score (nSPS) is 23.6. The van der Waals surface area contributed by atoms with Crippen LogP contribution in [-0.2, 0) is 6.42 Å². The lowest BCUT2D eigenvalue weighted by atomic mass is 9.94. The lowest BCUT2D eigenvalue weighted by molar-refractivity contribution is -0.384. The van der Waals surface area contributed by atoms with Gasteiger partial charge in [0, 0.05) is 31.8 Å². The van der Waals surface area contributed by atoms with Crippen LogP contribution in [0.1, 0.15) is 38.2 Å². The Kier molecular flexibility index (Phi) is 6.43. The first-order valence-electron chi connectivity index (χ1n) is 9.78. The highest BCUT2D eigenvalue weighted by Crippen LogP contribution is 2.22. The van der Waals surface area contributed by atoms with Gasteiger partial charge < -0.3 is 9.80 Å². The molecule has 25 heavy (non-hydrogen) atoms. The molecule has 0 N–H and O–H groups in total. The maximum atomic E-state index is 10.7. The molecule has 0 aliphatic carbocycles. The van der Waals surface area contributed by atoms with Crippen LogP contribution in [0.3, 0.4) is 0 Å². The molecule has 138 valence electrons. The summed E-state index contributed by atoms with van der Waals surface area (Å²) in [5.41, 5.74) is 1.37. The van der Waals surface area contributed by atoms with Crippen molar-refractivity contribution in [2.24, 2.45) is 11.8 Å². The minimum absolute atomic E-state index is 0.178. The van der Waals surface area contributed by atoms with Gasteiger partial charge in [0.15, 0.2) is 0 Å². The van der Waals surface area contributed by atoms with Crippen LogP contribution in [0, 0.1) is 22.0 Å². The lowest BCUT2D eigenvalue weighted by Gasteiger charge is -2.37. The lowest BCUT2D eigenvalue weighted by Crippen LogP contribution is -2.43. The molecule has 5 nitrogen and oxygen atoms in total. The first-order chi connectivity index (χ1) is 12.1. The summed E-state index contributed by atoms with van der Waals surface area (Å²) in [6.07, 6.45) is 6.36. The molecule has 1 aromatic carbocycles. The Morgan fingerprint density at radius 2 is 1.80 bits per heavy atom. The second kappa shape index (κ2) is 8.77. The van der Waals surface area contributed by atoms with Crippen molar-refractivity contribution < 1.29 is 4.92 Å². The Morgan fingerprint density at radius 3 is 2.48 bits per heavy atom. The van der Waals surface area contributed by atoms with Crippen LogP contribution in [0.2, 0.25) is 0 Å². The summed E-state index contributed by atoms with van der Waals surface area (Å²) in [6, 6.07) is 7.03. The Bertz CT molecular complexity index is 553. The molecule has 3 rings (SSSR count). The van der Waals surface area contributed by atoms with E-state index in [9.17, 15) is 10.1 Å². The van der Waals surface area contributed by atoms with Gasteiger partial charge in [0.1, 0.15) is 0 Å². The van der Waals surface area contributed by atoms with Crippen molar-refractivity contribution in [2.45, 2.75) is 39.0 Å². The minimum atomic E-state index is -0.333. The molecular formula is C20H31N3O2. The van der Waals surface area contributed by atoms with Crippen LogP contribution >= 0.6 is 0 Å². The number of hydrogen-bond donors (Lipinski definition) is 0. The summed E-state index contributed by atoms with van der Waals surface area (Å²) < 4.78 is 0. The predicted octanol–water partition coefficient (Wildman–Crippen LogP) is 3.58. The average Bonchev–Trinajstić information content (AvgIpc) is 2.63. The van der Waals surface area contributed by atoms with Crippen LogP contribution in [0.25, 0.3) is 0 Å². The van der Waals surface area contributed by atoms with E-state index >= 15 is 0 Å². The molecule has 1 atom stereocenters. The predicted molar refractivity (Wildman–Crippen MR) is 101 cm³/mol. The van der Waals surface area contributed by atoms with Crippen LogP contribution in [-0.4, -0.2) is 54.0 Å². The van der Waals surface area contributed by atoms with E-state index in [1.54, 1.807) is 12.1 Å². The van der Waals surface area contributed by atoms with E-state index in [2.05, 4.69) is 16.7 Å². The Balaban J connectivity index is 1.42. The third-order valence-corrected chi connectivity index (χ3v) is 5.86. The largest absolute Gasteiger partial charge is 0.303 e. The van der Waals surface area contributed by atoms with E-state index in [0.717, 1.165) is 24.8 Å². The molecule has 0 spiro atoms. The van der Waals surface area contributed by atoms with E-state index in [1.165, 1.54) is 64.0 Å². The molecule has 0 saturated carbocycles. The van der Waals surface area contributed by atoms with E-state index in [4.69, 9.17) is 0 Å². The van der Waals surface area contributed by atoms with Crippen LogP contribution in [0.15, 0.2) is 24.3 Å². The Hall–Kier alpha value is -1.46. The number of hydrogen-bond acceptors (Lipinski definition) is 4. The zero-order valence-corrected chi connectivity index (χ0v) is 15.4. The first-order valence-corrected chi connectivity index (χ1v) is 9.78. The quantitative estimate of drug-likeness (QED) is 0.584. The van der Waals surface area contributed by atoms with Gasteiger partial charge in [-0.15, -0.1) is 0 Å². The van der Waals surface area contributed by atoms with Crippen LogP contribution in [0.4, 0.5) is 5.69 Å². The third kappa shape index (κ3) is 5.51. The zero-order valence-electron chi connectivity index (χ0n) is 15.4. The van der Waals surface area contributed by atoms with Gasteiger partial charge >= 0.3 is 0 Å². The average molecular weight is 345 g/mol. The maximum Gasteiger partial charge on any atom is 0.269 e. The van der Waals surface area contributed by atoms with Gasteiger partial charge in [-0.3, -0.25) is 10.1 Å². The van der Waals surface area contributed by atoms with Gasteiger partial charge in [-0.2, -0.15) is 0 Å². The smallest absolute Gasteiger partial charge is 0.269 e. The summed E-state index contributed by atoms with van der Waals surface area (Å²) in [5, 5.41) is 10.7. The number of benzene rings is 1. The molecule has 1 aromatic rings. The van der Waals surface area contributed by atoms with E-state index < -0.39 is 0 Å². The topological polar surface area (TPSA) is 49.6 Å². The summed E-state index contributed by atoms with van der Waals surface area (Å²) in [5.74, 6) is 1.71. The Morgan fingerprint density at radius 1 is 1.08 bits per heavy atom. The van der Waals surface area contributed by atoms with Gasteiger partial charge in [-0.1, -0.05) is 19.1 Å². The molecule has 2 fully saturated rings. The SMILES string of the molecule is CC1CCN(CC2CCCN(CCc3ccc([N+](=O)[O-])cc3)C2)CC1. The molecule has 0 bridgehead atoms. The summed E-state index contributed by atoms with van der Waals surface area (Å²) in [4.78, 5) is 15.7. The number of likely N-dealkylation sites (tertiary alicyclic amines) is 2. The van der Waals surface area contributed by atoms with Gasteiger partial charge in [-0.05, 0) is 69.1 Å². The molecule has 5 heteroatoms. The van der Waals surface area contributed by atoms with Gasteiger partial charge in [0.2, 0.25) is 0 Å². The number of nitro benzene ring substituents is 1. The monoisotopic (exact) mass is 345 g/mol. The van der Waals surface area contributed by atoms with Crippen molar-refractivity contribution in [2.75, 3.05) is 39.3 Å². The van der Waals surface area contributed by atoms with Gasteiger partial charge in [-0.25, -0.2) is 0 Å². The highest BCUT2D eigenvalue weighted by Gasteiger charge is 2.24. The summed E-state index contributed by atoms with van der Waals surface area (Å²) in [7, 11) is 0. The van der Waals surface area contributed by atoms with Crippen molar-refractivity contribution in [3.63, 3.8) is 0 Å². The molecule has 2 aliphatic rings. The fourth-order valence-electron chi connectivity index (χ4n) is 4.18. The highest BCUT2D eigenvalue weighted by molar-refractivity contribution is 5.32. The molecule has 2 saturated heterocycles. The van der Waals surface area contributed by atoms with Crippen LogP contribution < -0.4 is 0 Å². The van der Waals surface area contributed by atoms with Crippen molar-refractivity contribution in [3.8, 4) is 0 Å². The summed E-state index contributed by atoms with van der Waals surface area (Å²) >= 11 is 0. The van der Waals surface area contributed by atoms with Crippen molar-refractivity contribution >= 4 is 5.69 Å².